The number of hydrogen-bond acceptors (Lipinski definition) is 3. The van der Waals surface area contributed by atoms with Crippen LogP contribution in [-0.4, -0.2) is 38.0 Å². The topological polar surface area (TPSA) is 47.3 Å². The van der Waals surface area contributed by atoms with Gasteiger partial charge in [-0.05, 0) is 18.6 Å². The average Bonchev–Trinajstić information content (AvgIpc) is 2.41. The largest absolute Gasteiger partial charge is 0.360 e. The van der Waals surface area contributed by atoms with Gasteiger partial charge in [-0.3, -0.25) is 4.79 Å². The molecule has 1 amide bonds. The number of carbonyl (C=O) groups is 1. The Morgan fingerprint density at radius 3 is 2.45 bits per heavy atom. The van der Waals surface area contributed by atoms with Crippen molar-refractivity contribution in [3.63, 3.8) is 0 Å². The van der Waals surface area contributed by atoms with E-state index >= 15 is 0 Å². The first kappa shape index (κ1) is 15.9. The van der Waals surface area contributed by atoms with Crippen LogP contribution in [0.4, 0.5) is 14.5 Å². The van der Waals surface area contributed by atoms with Gasteiger partial charge in [-0.25, -0.2) is 8.78 Å². The van der Waals surface area contributed by atoms with Crippen molar-refractivity contribution in [2.75, 3.05) is 32.1 Å². The van der Waals surface area contributed by atoms with Crippen LogP contribution in [0.2, 0.25) is 0 Å². The number of benzene rings is 1. The molecule has 0 saturated carbocycles. The normalized spacial score (nSPS) is 10.0. The molecule has 0 aliphatic carbocycles. The van der Waals surface area contributed by atoms with E-state index in [2.05, 4.69) is 0 Å². The highest BCUT2D eigenvalue weighted by atomic mass is 19.2. The lowest BCUT2D eigenvalue weighted by atomic mass is 10.1. The highest BCUT2D eigenvalue weighted by molar-refractivity contribution is 5.81. The van der Waals surface area contributed by atoms with Gasteiger partial charge in [0.2, 0.25) is 5.91 Å². The molecule has 4 nitrogen and oxygen atoms in total. The van der Waals surface area contributed by atoms with E-state index in [4.69, 9.17) is 5.26 Å². The van der Waals surface area contributed by atoms with Crippen LogP contribution in [-0.2, 0) is 4.79 Å². The predicted molar refractivity (Wildman–Crippen MR) is 72.3 cm³/mol. The first-order valence-electron chi connectivity index (χ1n) is 6.25. The van der Waals surface area contributed by atoms with Gasteiger partial charge in [0.05, 0.1) is 17.8 Å². The zero-order valence-corrected chi connectivity index (χ0v) is 11.8. The minimum Gasteiger partial charge on any atom is -0.360 e. The summed E-state index contributed by atoms with van der Waals surface area (Å²) in [6.45, 7) is 2.26. The molecule has 0 saturated heterocycles. The molecule has 1 rings (SSSR count). The zero-order valence-electron chi connectivity index (χ0n) is 11.8. The molecule has 0 fully saturated rings. The summed E-state index contributed by atoms with van der Waals surface area (Å²) in [6.07, 6.45) is 0.682. The van der Waals surface area contributed by atoms with E-state index in [1.165, 1.54) is 21.9 Å². The molecular formula is C14H17F2N3O. The first-order chi connectivity index (χ1) is 9.42. The second kappa shape index (κ2) is 6.85. The third-order valence-electron chi connectivity index (χ3n) is 2.84. The fourth-order valence-corrected chi connectivity index (χ4v) is 1.73. The molecule has 1 aromatic carbocycles. The van der Waals surface area contributed by atoms with Gasteiger partial charge in [-0.15, -0.1) is 0 Å². The summed E-state index contributed by atoms with van der Waals surface area (Å²) in [7, 11) is 3.20. The Morgan fingerprint density at radius 1 is 1.30 bits per heavy atom. The molecule has 0 aliphatic rings. The Balaban J connectivity index is 3.13. The Kier molecular flexibility index (Phi) is 5.44. The molecule has 0 bridgehead atoms. The summed E-state index contributed by atoms with van der Waals surface area (Å²) in [5, 5.41) is 8.66. The molecule has 0 heterocycles. The summed E-state index contributed by atoms with van der Waals surface area (Å²) >= 11 is 0. The number of amides is 1. The lowest BCUT2D eigenvalue weighted by molar-refractivity contribution is -0.127. The van der Waals surface area contributed by atoms with E-state index in [0.717, 1.165) is 0 Å². The van der Waals surface area contributed by atoms with E-state index in [0.29, 0.717) is 13.0 Å². The quantitative estimate of drug-likeness (QED) is 0.830. The maximum absolute atomic E-state index is 14.0. The van der Waals surface area contributed by atoms with Crippen molar-refractivity contribution in [3.8, 4) is 6.07 Å². The van der Waals surface area contributed by atoms with Crippen molar-refractivity contribution < 1.29 is 13.6 Å². The fourth-order valence-electron chi connectivity index (χ4n) is 1.73. The summed E-state index contributed by atoms with van der Waals surface area (Å²) < 4.78 is 27.6. The van der Waals surface area contributed by atoms with Gasteiger partial charge in [0, 0.05) is 20.6 Å². The molecule has 0 aromatic heterocycles. The van der Waals surface area contributed by atoms with Crippen LogP contribution >= 0.6 is 0 Å². The van der Waals surface area contributed by atoms with Crippen molar-refractivity contribution in [1.29, 1.82) is 5.26 Å². The predicted octanol–water partition coefficient (Wildman–Crippen LogP) is 2.14. The minimum absolute atomic E-state index is 0.00134. The van der Waals surface area contributed by atoms with Crippen LogP contribution in [0.3, 0.4) is 0 Å². The van der Waals surface area contributed by atoms with Gasteiger partial charge in [0.15, 0.2) is 11.6 Å². The van der Waals surface area contributed by atoms with Crippen molar-refractivity contribution in [3.05, 3.63) is 29.3 Å². The van der Waals surface area contributed by atoms with Crippen LogP contribution in [0.15, 0.2) is 12.1 Å². The molecule has 0 radical (unpaired) electrons. The number of carbonyl (C=O) groups excluding carboxylic acids is 1. The number of likely N-dealkylation sites (N-methyl/N-ethyl adjacent to an activating group) is 1. The van der Waals surface area contributed by atoms with Gasteiger partial charge >= 0.3 is 0 Å². The van der Waals surface area contributed by atoms with Crippen LogP contribution in [0.25, 0.3) is 0 Å². The van der Waals surface area contributed by atoms with Gasteiger partial charge < -0.3 is 9.80 Å². The second-order valence-corrected chi connectivity index (χ2v) is 4.58. The Hall–Kier alpha value is -2.16. The zero-order chi connectivity index (χ0) is 15.3. The minimum atomic E-state index is -1.18. The molecule has 108 valence electrons. The number of hydrogen-bond donors (Lipinski definition) is 0. The van der Waals surface area contributed by atoms with Gasteiger partial charge in [-0.1, -0.05) is 6.92 Å². The summed E-state index contributed by atoms with van der Waals surface area (Å²) in [5.74, 6) is -2.48. The number of anilines is 1. The van der Waals surface area contributed by atoms with E-state index in [1.807, 2.05) is 6.92 Å². The summed E-state index contributed by atoms with van der Waals surface area (Å²) in [4.78, 5) is 14.6. The third kappa shape index (κ3) is 3.44. The third-order valence-corrected chi connectivity index (χ3v) is 2.84. The lowest BCUT2D eigenvalue weighted by Gasteiger charge is -2.25. The molecule has 0 atom stereocenters. The molecule has 0 spiro atoms. The molecule has 1 aromatic rings. The standard InChI is InChI=1S/C14H17F2N3O/c1-4-7-19(9-12(20)18(2)3)11-6-5-10(8-17)13(15)14(11)16/h5-6H,4,7,9H2,1-3H3. The van der Waals surface area contributed by atoms with Gasteiger partial charge in [0.25, 0.3) is 0 Å². The highest BCUT2D eigenvalue weighted by Crippen LogP contribution is 2.24. The molecule has 0 N–H and O–H groups in total. The Morgan fingerprint density at radius 2 is 1.95 bits per heavy atom. The maximum Gasteiger partial charge on any atom is 0.241 e. The van der Waals surface area contributed by atoms with Crippen LogP contribution < -0.4 is 4.90 Å². The van der Waals surface area contributed by atoms with Crippen LogP contribution in [0.1, 0.15) is 18.9 Å². The highest BCUT2D eigenvalue weighted by Gasteiger charge is 2.20. The monoisotopic (exact) mass is 281 g/mol. The van der Waals surface area contributed by atoms with Crippen molar-refractivity contribution in [1.82, 2.24) is 4.90 Å². The Bertz CT molecular complexity index is 538. The molecule has 6 heteroatoms. The number of nitriles is 1. The second-order valence-electron chi connectivity index (χ2n) is 4.58. The van der Waals surface area contributed by atoms with Crippen molar-refractivity contribution in [2.45, 2.75) is 13.3 Å². The summed E-state index contributed by atoms with van der Waals surface area (Å²) in [6, 6.07) is 4.13. The number of halogens is 2. The first-order valence-corrected chi connectivity index (χ1v) is 6.25. The lowest BCUT2D eigenvalue weighted by Crippen LogP contribution is -2.37. The molecule has 0 aliphatic heterocycles. The SMILES string of the molecule is CCCN(CC(=O)N(C)C)c1ccc(C#N)c(F)c1F. The number of nitrogens with zero attached hydrogens (tertiary/aromatic N) is 3. The van der Waals surface area contributed by atoms with E-state index in [-0.39, 0.29) is 23.7 Å². The Labute approximate surface area is 117 Å². The van der Waals surface area contributed by atoms with E-state index in [9.17, 15) is 13.6 Å². The molecular weight excluding hydrogens is 264 g/mol. The maximum atomic E-state index is 14.0. The fraction of sp³-hybridized carbons (Fsp3) is 0.429. The summed E-state index contributed by atoms with van der Waals surface area (Å²) in [5.41, 5.74) is -0.347. The van der Waals surface area contributed by atoms with Crippen molar-refractivity contribution in [2.24, 2.45) is 0 Å². The average molecular weight is 281 g/mol. The van der Waals surface area contributed by atoms with Crippen LogP contribution in [0.5, 0.6) is 0 Å². The van der Waals surface area contributed by atoms with Gasteiger partial charge in [0.1, 0.15) is 6.07 Å². The van der Waals surface area contributed by atoms with Gasteiger partial charge in [-0.2, -0.15) is 5.26 Å². The van der Waals surface area contributed by atoms with Crippen LogP contribution in [0, 0.1) is 23.0 Å². The van der Waals surface area contributed by atoms with E-state index in [1.54, 1.807) is 20.2 Å². The van der Waals surface area contributed by atoms with Crippen molar-refractivity contribution >= 4 is 11.6 Å². The molecule has 0 unspecified atom stereocenters. The smallest absolute Gasteiger partial charge is 0.241 e. The molecule has 20 heavy (non-hydrogen) atoms. The number of rotatable bonds is 5. The van der Waals surface area contributed by atoms with E-state index < -0.39 is 11.6 Å².